The molecule has 1 aromatic heterocycles. The molecule has 0 saturated carbocycles. The fourth-order valence-corrected chi connectivity index (χ4v) is 2.64. The molecule has 0 bridgehead atoms. The molecule has 1 N–H and O–H groups in total. The molecule has 5 heteroatoms. The third kappa shape index (κ3) is 2.14. The molecular weight excluding hydrogens is 230 g/mol. The second kappa shape index (κ2) is 5.10. The average Bonchev–Trinajstić information content (AvgIpc) is 2.69. The van der Waals surface area contributed by atoms with Crippen LogP contribution in [0.3, 0.4) is 0 Å². The predicted molar refractivity (Wildman–Crippen MR) is 68.3 cm³/mol. The highest BCUT2D eigenvalue weighted by molar-refractivity contribution is 5.95. The Morgan fingerprint density at radius 3 is 2.89 bits per heavy atom. The van der Waals surface area contributed by atoms with Gasteiger partial charge >= 0.3 is 0 Å². The summed E-state index contributed by atoms with van der Waals surface area (Å²) in [5.41, 5.74) is 1.51. The minimum Gasteiger partial charge on any atom is -0.394 e. The molecular formula is C13H21N3O2. The summed E-state index contributed by atoms with van der Waals surface area (Å²) in [5.74, 6) is 0.343. The first-order chi connectivity index (χ1) is 8.56. The van der Waals surface area contributed by atoms with E-state index in [4.69, 9.17) is 0 Å². The maximum absolute atomic E-state index is 12.5. The lowest BCUT2D eigenvalue weighted by Gasteiger charge is -2.39. The molecule has 1 saturated heterocycles. The molecule has 1 aromatic rings. The summed E-state index contributed by atoms with van der Waals surface area (Å²) in [6.45, 7) is 4.74. The topological polar surface area (TPSA) is 58.4 Å². The van der Waals surface area contributed by atoms with Gasteiger partial charge in [0, 0.05) is 19.3 Å². The van der Waals surface area contributed by atoms with Gasteiger partial charge in [0.15, 0.2) is 0 Å². The van der Waals surface area contributed by atoms with E-state index >= 15 is 0 Å². The number of carbonyl (C=O) groups is 1. The van der Waals surface area contributed by atoms with E-state index in [-0.39, 0.29) is 18.6 Å². The highest BCUT2D eigenvalue weighted by atomic mass is 16.3. The number of aryl methyl sites for hydroxylation is 1. The number of amides is 1. The van der Waals surface area contributed by atoms with Crippen LogP contribution in [0.1, 0.15) is 35.8 Å². The molecule has 1 amide bonds. The molecule has 5 nitrogen and oxygen atoms in total. The van der Waals surface area contributed by atoms with E-state index in [0.29, 0.717) is 11.5 Å². The van der Waals surface area contributed by atoms with Crippen molar-refractivity contribution >= 4 is 5.91 Å². The van der Waals surface area contributed by atoms with E-state index in [2.05, 4.69) is 12.0 Å². The zero-order chi connectivity index (χ0) is 13.3. The Morgan fingerprint density at radius 1 is 1.61 bits per heavy atom. The number of piperidine rings is 1. The quantitative estimate of drug-likeness (QED) is 0.851. The second-order valence-electron chi connectivity index (χ2n) is 5.14. The van der Waals surface area contributed by atoms with Crippen molar-refractivity contribution < 1.29 is 9.90 Å². The molecule has 0 aliphatic carbocycles. The van der Waals surface area contributed by atoms with Crippen LogP contribution >= 0.6 is 0 Å². The molecule has 1 aliphatic heterocycles. The van der Waals surface area contributed by atoms with E-state index in [1.165, 1.54) is 0 Å². The van der Waals surface area contributed by atoms with Gasteiger partial charge < -0.3 is 10.0 Å². The number of nitrogens with zero attached hydrogens (tertiary/aromatic N) is 3. The van der Waals surface area contributed by atoms with Gasteiger partial charge in [-0.15, -0.1) is 0 Å². The summed E-state index contributed by atoms with van der Waals surface area (Å²) in [5, 5.41) is 13.6. The Labute approximate surface area is 107 Å². The van der Waals surface area contributed by atoms with Gasteiger partial charge in [-0.2, -0.15) is 5.10 Å². The van der Waals surface area contributed by atoms with Gasteiger partial charge in [-0.25, -0.2) is 0 Å². The van der Waals surface area contributed by atoms with E-state index in [9.17, 15) is 9.90 Å². The van der Waals surface area contributed by atoms with Crippen molar-refractivity contribution in [1.29, 1.82) is 0 Å². The Balaban J connectivity index is 2.24. The maximum atomic E-state index is 12.5. The molecule has 2 atom stereocenters. The van der Waals surface area contributed by atoms with Crippen LogP contribution in [0.15, 0.2) is 6.20 Å². The molecule has 100 valence electrons. The first kappa shape index (κ1) is 13.1. The van der Waals surface area contributed by atoms with Crippen LogP contribution < -0.4 is 0 Å². The normalized spacial score (nSPS) is 24.3. The highest BCUT2D eigenvalue weighted by Gasteiger charge is 2.32. The summed E-state index contributed by atoms with van der Waals surface area (Å²) in [6.07, 6.45) is 3.69. The van der Waals surface area contributed by atoms with Crippen LogP contribution in [-0.4, -0.2) is 44.9 Å². The van der Waals surface area contributed by atoms with Crippen LogP contribution in [-0.2, 0) is 7.05 Å². The number of rotatable bonds is 2. The van der Waals surface area contributed by atoms with E-state index in [1.807, 2.05) is 14.0 Å². The van der Waals surface area contributed by atoms with Gasteiger partial charge in [-0.3, -0.25) is 9.48 Å². The molecule has 0 radical (unpaired) electrons. The number of carbonyl (C=O) groups excluding carboxylic acids is 1. The van der Waals surface area contributed by atoms with Gasteiger partial charge in [0.05, 0.1) is 24.4 Å². The molecule has 1 aliphatic rings. The largest absolute Gasteiger partial charge is 0.394 e. The van der Waals surface area contributed by atoms with Gasteiger partial charge in [0.25, 0.3) is 5.91 Å². The minimum atomic E-state index is -0.0640. The summed E-state index contributed by atoms with van der Waals surface area (Å²) in [6, 6.07) is -0.0640. The van der Waals surface area contributed by atoms with Crippen molar-refractivity contribution in [2.24, 2.45) is 13.0 Å². The van der Waals surface area contributed by atoms with Crippen LogP contribution in [0.5, 0.6) is 0 Å². The second-order valence-corrected chi connectivity index (χ2v) is 5.14. The van der Waals surface area contributed by atoms with Crippen molar-refractivity contribution in [1.82, 2.24) is 14.7 Å². The summed E-state index contributed by atoms with van der Waals surface area (Å²) < 4.78 is 1.70. The third-order valence-corrected chi connectivity index (χ3v) is 4.03. The van der Waals surface area contributed by atoms with Gasteiger partial charge in [-0.1, -0.05) is 6.92 Å². The Morgan fingerprint density at radius 2 is 2.33 bits per heavy atom. The zero-order valence-electron chi connectivity index (χ0n) is 11.3. The number of likely N-dealkylation sites (tertiary alicyclic amines) is 1. The molecule has 2 heterocycles. The van der Waals surface area contributed by atoms with E-state index < -0.39 is 0 Å². The first-order valence-corrected chi connectivity index (χ1v) is 6.46. The smallest absolute Gasteiger partial charge is 0.257 e. The minimum absolute atomic E-state index is 0.00815. The van der Waals surface area contributed by atoms with Gasteiger partial charge in [0.2, 0.25) is 0 Å². The molecule has 0 spiro atoms. The lowest BCUT2D eigenvalue weighted by Crippen LogP contribution is -2.49. The van der Waals surface area contributed by atoms with Crippen LogP contribution in [0.25, 0.3) is 0 Å². The number of aliphatic hydroxyl groups excluding tert-OH is 1. The molecule has 0 aromatic carbocycles. The lowest BCUT2D eigenvalue weighted by molar-refractivity contribution is 0.0357. The average molecular weight is 251 g/mol. The molecule has 2 rings (SSSR count). The highest BCUT2D eigenvalue weighted by Crippen LogP contribution is 2.25. The van der Waals surface area contributed by atoms with Gasteiger partial charge in [-0.05, 0) is 25.7 Å². The standard InChI is InChI=1S/C13H21N3O2/c1-9-5-4-6-16(12(9)8-17)13(18)11-7-14-15(3)10(11)2/h7,9,12,17H,4-6,8H2,1-3H3. The van der Waals surface area contributed by atoms with Crippen molar-refractivity contribution in [2.75, 3.05) is 13.2 Å². The van der Waals surface area contributed by atoms with Crippen LogP contribution in [0, 0.1) is 12.8 Å². The van der Waals surface area contributed by atoms with Crippen molar-refractivity contribution in [3.8, 4) is 0 Å². The van der Waals surface area contributed by atoms with E-state index in [0.717, 1.165) is 25.1 Å². The summed E-state index contributed by atoms with van der Waals surface area (Å²) >= 11 is 0. The Bertz CT molecular complexity index is 441. The Hall–Kier alpha value is -1.36. The first-order valence-electron chi connectivity index (χ1n) is 6.46. The van der Waals surface area contributed by atoms with Crippen LogP contribution in [0.4, 0.5) is 0 Å². The van der Waals surface area contributed by atoms with Crippen molar-refractivity contribution in [2.45, 2.75) is 32.7 Å². The fourth-order valence-electron chi connectivity index (χ4n) is 2.64. The SMILES string of the molecule is Cc1c(C(=O)N2CCCC(C)C2CO)cnn1C. The summed E-state index contributed by atoms with van der Waals surface area (Å²) in [7, 11) is 1.83. The zero-order valence-corrected chi connectivity index (χ0v) is 11.3. The molecule has 2 unspecified atom stereocenters. The van der Waals surface area contributed by atoms with Crippen molar-refractivity contribution in [3.63, 3.8) is 0 Å². The van der Waals surface area contributed by atoms with Gasteiger partial charge in [0.1, 0.15) is 0 Å². The monoisotopic (exact) mass is 251 g/mol. The number of hydrogen-bond acceptors (Lipinski definition) is 3. The van der Waals surface area contributed by atoms with E-state index in [1.54, 1.807) is 15.8 Å². The number of aliphatic hydroxyl groups is 1. The van der Waals surface area contributed by atoms with Crippen LogP contribution in [0.2, 0.25) is 0 Å². The molecule has 18 heavy (non-hydrogen) atoms. The summed E-state index contributed by atoms with van der Waals surface area (Å²) in [4.78, 5) is 14.3. The number of aromatic nitrogens is 2. The molecule has 1 fully saturated rings. The van der Waals surface area contributed by atoms with Crippen molar-refractivity contribution in [3.05, 3.63) is 17.5 Å². The Kier molecular flexibility index (Phi) is 3.71. The third-order valence-electron chi connectivity index (χ3n) is 4.03. The fraction of sp³-hybridized carbons (Fsp3) is 0.692. The predicted octanol–water partition coefficient (Wildman–Crippen LogP) is 0.962. The lowest BCUT2D eigenvalue weighted by atomic mass is 9.91. The maximum Gasteiger partial charge on any atom is 0.257 e. The number of hydrogen-bond donors (Lipinski definition) is 1.